The number of nitrogens with one attached hydrogen (secondary N) is 1. The van der Waals surface area contributed by atoms with E-state index in [4.69, 9.17) is 5.26 Å². The Kier molecular flexibility index (Phi) is 5.42. The van der Waals surface area contributed by atoms with E-state index in [0.717, 1.165) is 5.75 Å². The van der Waals surface area contributed by atoms with Crippen LogP contribution in [0.2, 0.25) is 0 Å². The van der Waals surface area contributed by atoms with E-state index in [-0.39, 0.29) is 5.91 Å². The van der Waals surface area contributed by atoms with Gasteiger partial charge in [0.2, 0.25) is 5.91 Å². The zero-order chi connectivity index (χ0) is 15.1. The summed E-state index contributed by atoms with van der Waals surface area (Å²) in [7, 11) is 0. The van der Waals surface area contributed by atoms with Crippen LogP contribution in [0.4, 0.5) is 5.69 Å². The molecule has 2 aromatic carbocycles. The number of carbonyl (C=O) groups is 1. The van der Waals surface area contributed by atoms with Crippen molar-refractivity contribution in [2.24, 2.45) is 0 Å². The summed E-state index contributed by atoms with van der Waals surface area (Å²) >= 11 is 1.68. The lowest BCUT2D eigenvalue weighted by molar-refractivity contribution is -0.115. The van der Waals surface area contributed by atoms with Crippen LogP contribution in [-0.4, -0.2) is 11.7 Å². The second kappa shape index (κ2) is 7.51. The monoisotopic (exact) mass is 296 g/mol. The zero-order valence-corrected chi connectivity index (χ0v) is 12.6. The summed E-state index contributed by atoms with van der Waals surface area (Å²) < 4.78 is 0. The molecular weight excluding hydrogens is 280 g/mol. The van der Waals surface area contributed by atoms with Crippen molar-refractivity contribution in [3.63, 3.8) is 0 Å². The Morgan fingerprint density at radius 3 is 2.81 bits per heavy atom. The standard InChI is InChI=1S/C17H16N2OS/c1-13-5-2-3-8-16(13)21-10-9-17(20)19-15-7-4-6-14(11-15)12-18/h2-8,11H,9-10H2,1H3,(H,19,20). The van der Waals surface area contributed by atoms with E-state index in [0.29, 0.717) is 17.7 Å². The Bertz CT molecular complexity index is 676. The first-order valence-corrected chi connectivity index (χ1v) is 7.66. The number of anilines is 1. The fourth-order valence-corrected chi connectivity index (χ4v) is 2.84. The largest absolute Gasteiger partial charge is 0.326 e. The summed E-state index contributed by atoms with van der Waals surface area (Å²) in [6, 6.07) is 17.1. The highest BCUT2D eigenvalue weighted by Crippen LogP contribution is 2.22. The molecule has 0 aromatic heterocycles. The number of nitrogens with zero attached hydrogens (tertiary/aromatic N) is 1. The minimum Gasteiger partial charge on any atom is -0.326 e. The first-order valence-electron chi connectivity index (χ1n) is 6.67. The topological polar surface area (TPSA) is 52.9 Å². The third-order valence-electron chi connectivity index (χ3n) is 2.96. The predicted octanol–water partition coefficient (Wildman–Crippen LogP) is 3.99. The number of hydrogen-bond acceptors (Lipinski definition) is 3. The number of nitriles is 1. The molecule has 0 spiro atoms. The number of aryl methyl sites for hydroxylation is 1. The number of rotatable bonds is 5. The van der Waals surface area contributed by atoms with Crippen LogP contribution in [0.25, 0.3) is 0 Å². The van der Waals surface area contributed by atoms with E-state index >= 15 is 0 Å². The quantitative estimate of drug-likeness (QED) is 0.849. The highest BCUT2D eigenvalue weighted by atomic mass is 32.2. The van der Waals surface area contributed by atoms with Crippen LogP contribution in [0, 0.1) is 18.3 Å². The van der Waals surface area contributed by atoms with Crippen LogP contribution in [0.5, 0.6) is 0 Å². The maximum Gasteiger partial charge on any atom is 0.225 e. The summed E-state index contributed by atoms with van der Waals surface area (Å²) in [4.78, 5) is 13.1. The second-order valence-corrected chi connectivity index (χ2v) is 5.74. The van der Waals surface area contributed by atoms with E-state index in [9.17, 15) is 4.79 Å². The first kappa shape index (κ1) is 15.1. The molecule has 0 heterocycles. The van der Waals surface area contributed by atoms with Gasteiger partial charge in [0, 0.05) is 22.8 Å². The SMILES string of the molecule is Cc1ccccc1SCCC(=O)Nc1cccc(C#N)c1. The van der Waals surface area contributed by atoms with Crippen molar-refractivity contribution in [2.75, 3.05) is 11.1 Å². The number of amides is 1. The average molecular weight is 296 g/mol. The molecule has 2 aromatic rings. The predicted molar refractivity (Wildman–Crippen MR) is 86.3 cm³/mol. The van der Waals surface area contributed by atoms with Crippen molar-refractivity contribution in [3.05, 3.63) is 59.7 Å². The molecule has 106 valence electrons. The van der Waals surface area contributed by atoms with Gasteiger partial charge in [-0.2, -0.15) is 5.26 Å². The van der Waals surface area contributed by atoms with Crippen molar-refractivity contribution >= 4 is 23.4 Å². The van der Waals surface area contributed by atoms with Gasteiger partial charge in [0.15, 0.2) is 0 Å². The lowest BCUT2D eigenvalue weighted by Gasteiger charge is -2.07. The fraction of sp³-hybridized carbons (Fsp3) is 0.176. The third kappa shape index (κ3) is 4.66. The Morgan fingerprint density at radius 2 is 2.05 bits per heavy atom. The second-order valence-electron chi connectivity index (χ2n) is 4.60. The van der Waals surface area contributed by atoms with Gasteiger partial charge in [-0.1, -0.05) is 24.3 Å². The van der Waals surface area contributed by atoms with Gasteiger partial charge in [-0.3, -0.25) is 4.79 Å². The molecule has 0 unspecified atom stereocenters. The van der Waals surface area contributed by atoms with Gasteiger partial charge in [0.05, 0.1) is 11.6 Å². The van der Waals surface area contributed by atoms with Gasteiger partial charge in [-0.25, -0.2) is 0 Å². The molecule has 21 heavy (non-hydrogen) atoms. The summed E-state index contributed by atoms with van der Waals surface area (Å²) in [6.45, 7) is 2.07. The lowest BCUT2D eigenvalue weighted by Crippen LogP contribution is -2.12. The molecule has 0 saturated carbocycles. The van der Waals surface area contributed by atoms with Crippen LogP contribution < -0.4 is 5.32 Å². The van der Waals surface area contributed by atoms with Crippen molar-refractivity contribution in [2.45, 2.75) is 18.2 Å². The van der Waals surface area contributed by atoms with Crippen molar-refractivity contribution < 1.29 is 4.79 Å². The molecule has 4 heteroatoms. The van der Waals surface area contributed by atoms with Gasteiger partial charge >= 0.3 is 0 Å². The molecule has 0 atom stereocenters. The van der Waals surface area contributed by atoms with Crippen molar-refractivity contribution in [1.29, 1.82) is 5.26 Å². The molecule has 0 aliphatic rings. The van der Waals surface area contributed by atoms with Gasteiger partial charge in [0.25, 0.3) is 0 Å². The van der Waals surface area contributed by atoms with E-state index < -0.39 is 0 Å². The summed E-state index contributed by atoms with van der Waals surface area (Å²) in [5, 5.41) is 11.6. The zero-order valence-electron chi connectivity index (χ0n) is 11.8. The fourth-order valence-electron chi connectivity index (χ4n) is 1.86. The van der Waals surface area contributed by atoms with Gasteiger partial charge in [-0.15, -0.1) is 11.8 Å². The van der Waals surface area contributed by atoms with E-state index in [1.165, 1.54) is 10.5 Å². The maximum absolute atomic E-state index is 11.9. The summed E-state index contributed by atoms with van der Waals surface area (Å²) in [5.41, 5.74) is 2.44. The van der Waals surface area contributed by atoms with Gasteiger partial charge in [-0.05, 0) is 36.8 Å². The molecule has 0 radical (unpaired) electrons. The molecule has 0 aliphatic carbocycles. The molecule has 0 saturated heterocycles. The Morgan fingerprint density at radius 1 is 1.24 bits per heavy atom. The van der Waals surface area contributed by atoms with E-state index in [2.05, 4.69) is 30.4 Å². The van der Waals surface area contributed by atoms with Gasteiger partial charge < -0.3 is 5.32 Å². The molecule has 3 nitrogen and oxygen atoms in total. The minimum absolute atomic E-state index is 0.0360. The van der Waals surface area contributed by atoms with Crippen molar-refractivity contribution in [1.82, 2.24) is 0 Å². The Hall–Kier alpha value is -2.25. The van der Waals surface area contributed by atoms with Crippen molar-refractivity contribution in [3.8, 4) is 6.07 Å². The smallest absolute Gasteiger partial charge is 0.225 e. The number of benzene rings is 2. The highest BCUT2D eigenvalue weighted by molar-refractivity contribution is 7.99. The minimum atomic E-state index is -0.0360. The number of hydrogen-bond donors (Lipinski definition) is 1. The molecule has 0 fully saturated rings. The van der Waals surface area contributed by atoms with Gasteiger partial charge in [0.1, 0.15) is 0 Å². The van der Waals surface area contributed by atoms with Crippen LogP contribution in [-0.2, 0) is 4.79 Å². The Balaban J connectivity index is 1.83. The Labute approximate surface area is 129 Å². The number of carbonyl (C=O) groups excluding carboxylic acids is 1. The van der Waals surface area contributed by atoms with Crippen LogP contribution in [0.15, 0.2) is 53.4 Å². The molecule has 1 amide bonds. The molecule has 0 bridgehead atoms. The summed E-state index contributed by atoms with van der Waals surface area (Å²) in [6.07, 6.45) is 0.440. The van der Waals surface area contributed by atoms with Crippen LogP contribution in [0.3, 0.4) is 0 Å². The van der Waals surface area contributed by atoms with E-state index in [1.54, 1.807) is 36.0 Å². The molecular formula is C17H16N2OS. The van der Waals surface area contributed by atoms with Crippen LogP contribution >= 0.6 is 11.8 Å². The van der Waals surface area contributed by atoms with E-state index in [1.807, 2.05) is 12.1 Å². The maximum atomic E-state index is 11.9. The third-order valence-corrected chi connectivity index (χ3v) is 4.13. The number of thioether (sulfide) groups is 1. The molecule has 1 N–H and O–H groups in total. The molecule has 0 aliphatic heterocycles. The highest BCUT2D eigenvalue weighted by Gasteiger charge is 2.04. The molecule has 2 rings (SSSR count). The normalized spacial score (nSPS) is 9.90. The van der Waals surface area contributed by atoms with Crippen LogP contribution in [0.1, 0.15) is 17.5 Å². The summed E-state index contributed by atoms with van der Waals surface area (Å²) in [5.74, 6) is 0.695. The first-order chi connectivity index (χ1) is 10.2. The average Bonchev–Trinajstić information content (AvgIpc) is 2.49. The lowest BCUT2D eigenvalue weighted by atomic mass is 10.2.